The molecule has 116 valence electrons. The summed E-state index contributed by atoms with van der Waals surface area (Å²) in [5, 5.41) is 11.3. The van der Waals surface area contributed by atoms with Crippen molar-refractivity contribution in [3.8, 4) is 6.07 Å². The van der Waals surface area contributed by atoms with Gasteiger partial charge in [0.2, 0.25) is 0 Å². The molecule has 0 spiro atoms. The van der Waals surface area contributed by atoms with E-state index in [2.05, 4.69) is 21.2 Å². The van der Waals surface area contributed by atoms with Crippen LogP contribution in [-0.2, 0) is 9.53 Å². The van der Waals surface area contributed by atoms with Crippen LogP contribution in [0, 0.1) is 11.3 Å². The first-order chi connectivity index (χ1) is 11.0. The first-order valence-electron chi connectivity index (χ1n) is 6.52. The van der Waals surface area contributed by atoms with Crippen LogP contribution in [-0.4, -0.2) is 18.5 Å². The Hall–Kier alpha value is -2.85. The predicted molar refractivity (Wildman–Crippen MR) is 88.6 cm³/mol. The Balaban J connectivity index is 1.92. The number of anilines is 2. The van der Waals surface area contributed by atoms with Gasteiger partial charge in [-0.3, -0.25) is 4.79 Å². The van der Waals surface area contributed by atoms with Gasteiger partial charge in [0, 0.05) is 15.8 Å². The van der Waals surface area contributed by atoms with Gasteiger partial charge in [0.25, 0.3) is 5.91 Å². The van der Waals surface area contributed by atoms with Crippen molar-refractivity contribution < 1.29 is 14.3 Å². The molecule has 7 heteroatoms. The second-order valence-electron chi connectivity index (χ2n) is 4.55. The van der Waals surface area contributed by atoms with Crippen molar-refractivity contribution in [1.29, 1.82) is 5.26 Å². The molecule has 0 aliphatic rings. The number of carbonyl (C=O) groups excluding carboxylic acids is 2. The van der Waals surface area contributed by atoms with Crippen LogP contribution in [0.5, 0.6) is 0 Å². The van der Waals surface area contributed by atoms with E-state index in [0.29, 0.717) is 15.7 Å². The smallest absolute Gasteiger partial charge is 0.340 e. The molecule has 2 rings (SSSR count). The molecule has 23 heavy (non-hydrogen) atoms. The molecule has 2 aromatic rings. The molecule has 0 saturated heterocycles. The standard InChI is InChI=1S/C16H12BrN3O3/c17-11-3-6-14(19)13(7-11)16(22)23-9-15(21)20-12-4-1-10(8-18)2-5-12/h1-7H,9,19H2,(H,20,21). The van der Waals surface area contributed by atoms with Crippen LogP contribution >= 0.6 is 15.9 Å². The summed E-state index contributed by atoms with van der Waals surface area (Å²) in [6.07, 6.45) is 0. The fourth-order valence-corrected chi connectivity index (χ4v) is 2.10. The van der Waals surface area contributed by atoms with Crippen LogP contribution in [0.2, 0.25) is 0 Å². The molecule has 0 radical (unpaired) electrons. The van der Waals surface area contributed by atoms with Crippen LogP contribution in [0.3, 0.4) is 0 Å². The number of halogens is 1. The zero-order valence-electron chi connectivity index (χ0n) is 11.9. The molecule has 0 unspecified atom stereocenters. The van der Waals surface area contributed by atoms with Crippen molar-refractivity contribution in [3.63, 3.8) is 0 Å². The Morgan fingerprint density at radius 3 is 2.57 bits per heavy atom. The number of nitrogens with one attached hydrogen (secondary N) is 1. The van der Waals surface area contributed by atoms with Crippen LogP contribution in [0.4, 0.5) is 11.4 Å². The lowest BCUT2D eigenvalue weighted by Crippen LogP contribution is -2.21. The minimum Gasteiger partial charge on any atom is -0.452 e. The van der Waals surface area contributed by atoms with Crippen molar-refractivity contribution in [2.75, 3.05) is 17.7 Å². The Bertz CT molecular complexity index is 782. The molecule has 2 aromatic carbocycles. The first kappa shape index (κ1) is 16.5. The average Bonchev–Trinajstić information content (AvgIpc) is 2.55. The highest BCUT2D eigenvalue weighted by molar-refractivity contribution is 9.10. The molecule has 0 saturated carbocycles. The Kier molecular flexibility index (Phi) is 5.33. The summed E-state index contributed by atoms with van der Waals surface area (Å²) in [6.45, 7) is -0.440. The minimum absolute atomic E-state index is 0.186. The molecule has 0 heterocycles. The zero-order valence-corrected chi connectivity index (χ0v) is 13.5. The highest BCUT2D eigenvalue weighted by atomic mass is 79.9. The Morgan fingerprint density at radius 1 is 1.22 bits per heavy atom. The van der Waals surface area contributed by atoms with Crippen LogP contribution in [0.1, 0.15) is 15.9 Å². The van der Waals surface area contributed by atoms with E-state index in [1.165, 1.54) is 6.07 Å². The highest BCUT2D eigenvalue weighted by Crippen LogP contribution is 2.19. The maximum atomic E-state index is 11.9. The Labute approximate surface area is 141 Å². The summed E-state index contributed by atoms with van der Waals surface area (Å²) in [4.78, 5) is 23.7. The molecule has 0 fully saturated rings. The van der Waals surface area contributed by atoms with Gasteiger partial charge in [-0.25, -0.2) is 4.79 Å². The number of rotatable bonds is 4. The summed E-state index contributed by atoms with van der Waals surface area (Å²) >= 11 is 3.24. The van der Waals surface area contributed by atoms with Crippen LogP contribution in [0.25, 0.3) is 0 Å². The van der Waals surface area contributed by atoms with Crippen molar-refractivity contribution >= 4 is 39.2 Å². The number of hydrogen-bond donors (Lipinski definition) is 2. The minimum atomic E-state index is -0.682. The van der Waals surface area contributed by atoms with E-state index in [1.807, 2.05) is 6.07 Å². The lowest BCUT2D eigenvalue weighted by molar-refractivity contribution is -0.119. The van der Waals surface area contributed by atoms with E-state index in [0.717, 1.165) is 0 Å². The number of nitriles is 1. The van der Waals surface area contributed by atoms with Crippen molar-refractivity contribution in [1.82, 2.24) is 0 Å². The number of esters is 1. The second kappa shape index (κ2) is 7.42. The SMILES string of the molecule is N#Cc1ccc(NC(=O)COC(=O)c2cc(Br)ccc2N)cc1. The third-order valence-corrected chi connectivity index (χ3v) is 3.36. The molecule has 0 aliphatic heterocycles. The molecule has 0 bridgehead atoms. The van der Waals surface area contributed by atoms with E-state index in [-0.39, 0.29) is 11.3 Å². The summed E-state index contributed by atoms with van der Waals surface area (Å²) in [5.74, 6) is -1.17. The topological polar surface area (TPSA) is 105 Å². The maximum absolute atomic E-state index is 11.9. The summed E-state index contributed by atoms with van der Waals surface area (Å²) in [6, 6.07) is 13.1. The van der Waals surface area contributed by atoms with Crippen LogP contribution in [0.15, 0.2) is 46.9 Å². The third kappa shape index (κ3) is 4.56. The maximum Gasteiger partial charge on any atom is 0.340 e. The quantitative estimate of drug-likeness (QED) is 0.632. The largest absolute Gasteiger partial charge is 0.452 e. The van der Waals surface area contributed by atoms with Crippen molar-refractivity contribution in [3.05, 3.63) is 58.1 Å². The van der Waals surface area contributed by atoms with Gasteiger partial charge in [0.05, 0.1) is 17.2 Å². The predicted octanol–water partition coefficient (Wildman–Crippen LogP) is 2.70. The van der Waals surface area contributed by atoms with Crippen molar-refractivity contribution in [2.45, 2.75) is 0 Å². The average molecular weight is 374 g/mol. The van der Waals surface area contributed by atoms with Gasteiger partial charge in [-0.05, 0) is 42.5 Å². The van der Waals surface area contributed by atoms with E-state index in [1.54, 1.807) is 36.4 Å². The summed E-state index contributed by atoms with van der Waals surface area (Å²) in [5.41, 5.74) is 7.15. The normalized spacial score (nSPS) is 9.74. The summed E-state index contributed by atoms with van der Waals surface area (Å²) < 4.78 is 5.62. The highest BCUT2D eigenvalue weighted by Gasteiger charge is 2.14. The number of nitrogen functional groups attached to an aromatic ring is 1. The number of hydrogen-bond acceptors (Lipinski definition) is 5. The van der Waals surface area contributed by atoms with Gasteiger partial charge in [0.1, 0.15) is 0 Å². The van der Waals surface area contributed by atoms with E-state index in [4.69, 9.17) is 15.7 Å². The molecule has 3 N–H and O–H groups in total. The van der Waals surface area contributed by atoms with Gasteiger partial charge in [-0.15, -0.1) is 0 Å². The van der Waals surface area contributed by atoms with Gasteiger partial charge < -0.3 is 15.8 Å². The monoisotopic (exact) mass is 373 g/mol. The lowest BCUT2D eigenvalue weighted by atomic mass is 10.2. The fourth-order valence-electron chi connectivity index (χ4n) is 1.74. The summed E-state index contributed by atoms with van der Waals surface area (Å²) in [7, 11) is 0. The van der Waals surface area contributed by atoms with Gasteiger partial charge in [-0.2, -0.15) is 5.26 Å². The van der Waals surface area contributed by atoms with Gasteiger partial charge >= 0.3 is 5.97 Å². The number of amides is 1. The second-order valence-corrected chi connectivity index (χ2v) is 5.46. The fraction of sp³-hybridized carbons (Fsp3) is 0.0625. The molecule has 6 nitrogen and oxygen atoms in total. The number of carbonyl (C=O) groups is 2. The number of nitrogens with two attached hydrogens (primary N) is 1. The molecular formula is C16H12BrN3O3. The van der Waals surface area contributed by atoms with E-state index in [9.17, 15) is 9.59 Å². The Morgan fingerprint density at radius 2 is 1.91 bits per heavy atom. The first-order valence-corrected chi connectivity index (χ1v) is 7.31. The van der Waals surface area contributed by atoms with Gasteiger partial charge in [-0.1, -0.05) is 15.9 Å². The van der Waals surface area contributed by atoms with E-state index >= 15 is 0 Å². The third-order valence-electron chi connectivity index (χ3n) is 2.87. The molecule has 0 aliphatic carbocycles. The zero-order chi connectivity index (χ0) is 16.8. The number of nitrogens with zero attached hydrogens (tertiary/aromatic N) is 1. The van der Waals surface area contributed by atoms with Crippen LogP contribution < -0.4 is 11.1 Å². The molecule has 0 atom stereocenters. The number of benzene rings is 2. The molecule has 0 aromatic heterocycles. The molecular weight excluding hydrogens is 362 g/mol. The lowest BCUT2D eigenvalue weighted by Gasteiger charge is -2.08. The molecule has 1 amide bonds. The van der Waals surface area contributed by atoms with E-state index < -0.39 is 18.5 Å². The van der Waals surface area contributed by atoms with Gasteiger partial charge in [0.15, 0.2) is 6.61 Å². The number of ether oxygens (including phenoxy) is 1. The van der Waals surface area contributed by atoms with Crippen molar-refractivity contribution in [2.24, 2.45) is 0 Å².